The molecule has 146 valence electrons. The van der Waals surface area contributed by atoms with Crippen LogP contribution in [-0.2, 0) is 11.3 Å². The van der Waals surface area contributed by atoms with Crippen LogP contribution >= 0.6 is 27.5 Å². The molecule has 2 aromatic carbocycles. The van der Waals surface area contributed by atoms with E-state index in [-0.39, 0.29) is 11.8 Å². The number of benzene rings is 2. The molecule has 1 aliphatic rings. The van der Waals surface area contributed by atoms with Crippen LogP contribution in [0.1, 0.15) is 29.5 Å². The molecule has 0 bridgehead atoms. The number of aromatic nitrogens is 1. The van der Waals surface area contributed by atoms with E-state index in [0.717, 1.165) is 32.7 Å². The van der Waals surface area contributed by atoms with Crippen LogP contribution in [0.25, 0.3) is 0 Å². The highest BCUT2D eigenvalue weighted by Crippen LogP contribution is 2.42. The third-order valence-corrected chi connectivity index (χ3v) is 5.62. The van der Waals surface area contributed by atoms with Crippen LogP contribution in [0.15, 0.2) is 82.6 Å². The second kappa shape index (κ2) is 8.39. The van der Waals surface area contributed by atoms with Gasteiger partial charge >= 0.3 is 0 Å². The Labute approximate surface area is 183 Å². The molecule has 2 heterocycles. The normalized spacial score (nSPS) is 15.5. The Bertz CT molecular complexity index is 1080. The molecular weight excluding hydrogens is 450 g/mol. The fraction of sp³-hybridized carbons (Fsp3) is 0.130. The first-order valence-electron chi connectivity index (χ1n) is 9.24. The molecule has 1 aliphatic heterocycles. The van der Waals surface area contributed by atoms with Crippen LogP contribution in [0.3, 0.4) is 0 Å². The highest BCUT2D eigenvalue weighted by Gasteiger charge is 2.33. The molecule has 0 saturated heterocycles. The lowest BCUT2D eigenvalue weighted by Gasteiger charge is -2.30. The van der Waals surface area contributed by atoms with Crippen molar-refractivity contribution in [3.05, 3.63) is 104 Å². The summed E-state index contributed by atoms with van der Waals surface area (Å²) in [4.78, 5) is 17.8. The Balaban J connectivity index is 1.73. The monoisotopic (exact) mass is 467 g/mol. The third kappa shape index (κ3) is 4.21. The van der Waals surface area contributed by atoms with Gasteiger partial charge in [-0.05, 0) is 52.2 Å². The van der Waals surface area contributed by atoms with Gasteiger partial charge in [0.25, 0.3) is 0 Å². The lowest BCUT2D eigenvalue weighted by molar-refractivity contribution is -0.117. The number of nitrogens with zero attached hydrogens (tertiary/aromatic N) is 1. The molecule has 2 N–H and O–H groups in total. The van der Waals surface area contributed by atoms with Gasteiger partial charge in [0.1, 0.15) is 5.82 Å². The Morgan fingerprint density at radius 1 is 1.17 bits per heavy atom. The predicted octanol–water partition coefficient (Wildman–Crippen LogP) is 5.65. The maximum absolute atomic E-state index is 13.3. The predicted molar refractivity (Wildman–Crippen MR) is 120 cm³/mol. The number of pyridine rings is 1. The summed E-state index contributed by atoms with van der Waals surface area (Å²) in [5.41, 5.74) is 4.45. The van der Waals surface area contributed by atoms with Crippen molar-refractivity contribution in [2.75, 3.05) is 5.32 Å². The van der Waals surface area contributed by atoms with Gasteiger partial charge in [-0.1, -0.05) is 54.1 Å². The van der Waals surface area contributed by atoms with Gasteiger partial charge in [-0.25, -0.2) is 4.98 Å². The average molecular weight is 469 g/mol. The average Bonchev–Trinajstić information content (AvgIpc) is 2.73. The lowest BCUT2D eigenvalue weighted by Crippen LogP contribution is -2.32. The molecule has 4 rings (SSSR count). The molecule has 0 fully saturated rings. The minimum Gasteiger partial charge on any atom is -0.348 e. The van der Waals surface area contributed by atoms with Crippen LogP contribution in [0.2, 0.25) is 5.02 Å². The topological polar surface area (TPSA) is 54.0 Å². The molecule has 1 amide bonds. The van der Waals surface area contributed by atoms with E-state index in [1.165, 1.54) is 0 Å². The fourth-order valence-electron chi connectivity index (χ4n) is 3.57. The molecule has 0 radical (unpaired) electrons. The largest absolute Gasteiger partial charge is 0.348 e. The van der Waals surface area contributed by atoms with E-state index in [2.05, 4.69) is 31.5 Å². The van der Waals surface area contributed by atoms with Gasteiger partial charge in [0.2, 0.25) is 5.91 Å². The van der Waals surface area contributed by atoms with Gasteiger partial charge in [-0.2, -0.15) is 0 Å². The van der Waals surface area contributed by atoms with E-state index in [9.17, 15) is 4.79 Å². The number of anilines is 1. The first-order chi connectivity index (χ1) is 14.0. The van der Waals surface area contributed by atoms with Gasteiger partial charge in [-0.15, -0.1) is 0 Å². The van der Waals surface area contributed by atoms with Crippen LogP contribution < -0.4 is 10.6 Å². The number of allylic oxidation sites excluding steroid dienone is 1. The molecule has 1 atom stereocenters. The Morgan fingerprint density at radius 3 is 2.62 bits per heavy atom. The number of amides is 1. The second-order valence-electron chi connectivity index (χ2n) is 6.91. The van der Waals surface area contributed by atoms with E-state index in [1.807, 2.05) is 67.6 Å². The van der Waals surface area contributed by atoms with Crippen molar-refractivity contribution in [2.45, 2.75) is 19.4 Å². The van der Waals surface area contributed by atoms with E-state index < -0.39 is 0 Å². The number of rotatable bonds is 4. The van der Waals surface area contributed by atoms with Crippen molar-refractivity contribution < 1.29 is 4.79 Å². The van der Waals surface area contributed by atoms with Gasteiger partial charge in [0.15, 0.2) is 0 Å². The van der Waals surface area contributed by atoms with Crippen molar-refractivity contribution >= 4 is 39.3 Å². The second-order valence-corrected chi connectivity index (χ2v) is 8.26. The molecular formula is C23H19BrClN3O. The van der Waals surface area contributed by atoms with E-state index >= 15 is 0 Å². The van der Waals surface area contributed by atoms with Crippen LogP contribution in [-0.4, -0.2) is 10.9 Å². The summed E-state index contributed by atoms with van der Waals surface area (Å²) in [5.74, 6) is 0.402. The summed E-state index contributed by atoms with van der Waals surface area (Å²) in [6, 6.07) is 19.5. The molecule has 1 unspecified atom stereocenters. The SMILES string of the molecule is CC1=C(C(=O)NCc2ccccc2)C(c2ccc(Cl)cc2)c2cc(Br)cnc2N1. The molecule has 29 heavy (non-hydrogen) atoms. The number of fused-ring (bicyclic) bond motifs is 1. The number of halogens is 2. The van der Waals surface area contributed by atoms with Gasteiger partial charge in [-0.3, -0.25) is 4.79 Å². The fourth-order valence-corrected chi connectivity index (χ4v) is 4.05. The van der Waals surface area contributed by atoms with Crippen LogP contribution in [0, 0.1) is 0 Å². The molecule has 0 saturated carbocycles. The zero-order chi connectivity index (χ0) is 20.4. The highest BCUT2D eigenvalue weighted by molar-refractivity contribution is 9.10. The Hall–Kier alpha value is -2.63. The van der Waals surface area contributed by atoms with E-state index in [4.69, 9.17) is 11.6 Å². The number of carbonyl (C=O) groups excluding carboxylic acids is 1. The smallest absolute Gasteiger partial charge is 0.250 e. The van der Waals surface area contributed by atoms with E-state index in [1.54, 1.807) is 6.20 Å². The van der Waals surface area contributed by atoms with Gasteiger partial charge < -0.3 is 10.6 Å². The molecule has 3 aromatic rings. The number of hydrogen-bond acceptors (Lipinski definition) is 3. The summed E-state index contributed by atoms with van der Waals surface area (Å²) in [5, 5.41) is 7.01. The summed E-state index contributed by atoms with van der Waals surface area (Å²) in [6.45, 7) is 2.38. The number of nitrogens with one attached hydrogen (secondary N) is 2. The number of carbonyl (C=O) groups is 1. The van der Waals surface area contributed by atoms with Crippen molar-refractivity contribution in [3.8, 4) is 0 Å². The third-order valence-electron chi connectivity index (χ3n) is 4.94. The molecule has 0 aliphatic carbocycles. The highest BCUT2D eigenvalue weighted by atomic mass is 79.9. The molecule has 6 heteroatoms. The van der Waals surface area contributed by atoms with E-state index in [0.29, 0.717) is 17.1 Å². The Kier molecular flexibility index (Phi) is 5.69. The minimum atomic E-state index is -0.246. The number of hydrogen-bond donors (Lipinski definition) is 2. The first-order valence-corrected chi connectivity index (χ1v) is 10.4. The zero-order valence-electron chi connectivity index (χ0n) is 15.7. The summed E-state index contributed by atoms with van der Waals surface area (Å²) >= 11 is 9.61. The summed E-state index contributed by atoms with van der Waals surface area (Å²) in [7, 11) is 0. The summed E-state index contributed by atoms with van der Waals surface area (Å²) < 4.78 is 0.862. The van der Waals surface area contributed by atoms with Crippen molar-refractivity contribution in [1.82, 2.24) is 10.3 Å². The van der Waals surface area contributed by atoms with Crippen molar-refractivity contribution in [2.24, 2.45) is 0 Å². The molecule has 4 nitrogen and oxygen atoms in total. The standard InChI is InChI=1S/C23H19BrClN3O/c1-14-20(23(29)27-12-15-5-3-2-4-6-15)21(16-7-9-18(25)10-8-16)19-11-17(24)13-26-22(19)28-14/h2-11,13,21H,12H2,1H3,(H,26,28)(H,27,29). The molecule has 0 spiro atoms. The molecule has 1 aromatic heterocycles. The minimum absolute atomic E-state index is 0.107. The Morgan fingerprint density at radius 2 is 1.90 bits per heavy atom. The van der Waals surface area contributed by atoms with Gasteiger partial charge in [0, 0.05) is 45.0 Å². The maximum atomic E-state index is 13.3. The van der Waals surface area contributed by atoms with Gasteiger partial charge in [0.05, 0.1) is 0 Å². The summed E-state index contributed by atoms with van der Waals surface area (Å²) in [6.07, 6.45) is 1.75. The van der Waals surface area contributed by atoms with Crippen molar-refractivity contribution in [1.29, 1.82) is 0 Å². The first kappa shape index (κ1) is 19.7. The lowest BCUT2D eigenvalue weighted by atomic mass is 9.81. The van der Waals surface area contributed by atoms with Crippen LogP contribution in [0.5, 0.6) is 0 Å². The van der Waals surface area contributed by atoms with Crippen LogP contribution in [0.4, 0.5) is 5.82 Å². The quantitative estimate of drug-likeness (QED) is 0.520. The maximum Gasteiger partial charge on any atom is 0.250 e. The van der Waals surface area contributed by atoms with Crippen molar-refractivity contribution in [3.63, 3.8) is 0 Å². The zero-order valence-corrected chi connectivity index (χ0v) is 18.1.